The maximum Gasteiger partial charge on any atom is 0.190 e. The van der Waals surface area contributed by atoms with Crippen molar-refractivity contribution in [1.82, 2.24) is 14.5 Å². The van der Waals surface area contributed by atoms with E-state index in [4.69, 9.17) is 11.8 Å². The Labute approximate surface area is 229 Å². The average Bonchev–Trinajstić information content (AvgIpc) is 3.50. The van der Waals surface area contributed by atoms with Crippen LogP contribution in [0.4, 0.5) is 0 Å². The van der Waals surface area contributed by atoms with E-state index in [9.17, 15) is 0 Å². The van der Waals surface area contributed by atoms with Gasteiger partial charge in [0.25, 0.3) is 0 Å². The quantitative estimate of drug-likeness (QED) is 0.233. The van der Waals surface area contributed by atoms with Gasteiger partial charge in [0.1, 0.15) is 10.7 Å². The molecular formula is C33H31N3S. The molecule has 0 amide bonds. The van der Waals surface area contributed by atoms with Crippen LogP contribution in [0.25, 0.3) is 49.5 Å². The first kappa shape index (κ1) is 18.5. The van der Waals surface area contributed by atoms with Gasteiger partial charge >= 0.3 is 0 Å². The highest BCUT2D eigenvalue weighted by Gasteiger charge is 2.19. The molecule has 4 heteroatoms. The number of benzene rings is 4. The second-order valence-electron chi connectivity index (χ2n) is 9.76. The number of nitrogens with zero attached hydrogens (tertiary/aromatic N) is 3. The van der Waals surface area contributed by atoms with Crippen LogP contribution in [0.5, 0.6) is 0 Å². The molecule has 2 heterocycles. The van der Waals surface area contributed by atoms with Crippen LogP contribution in [-0.4, -0.2) is 14.5 Å². The van der Waals surface area contributed by atoms with E-state index in [0.29, 0.717) is 16.3 Å². The zero-order chi connectivity index (χ0) is 30.0. The van der Waals surface area contributed by atoms with Crippen LogP contribution in [0.15, 0.2) is 84.9 Å². The standard InChI is InChI=1S/C33H31N3S/c1-20(2)28-11-8-12-29(21(3)4)30(28)24-15-17-27(18-16-24)36-32(35-31-33(36)37-22(5)34-31)26-14-13-23-9-6-7-10-25(23)19-26/h6-21H,1-5H3/i5D3,20D,21D. The maximum absolute atomic E-state index is 8.82. The summed E-state index contributed by atoms with van der Waals surface area (Å²) in [4.78, 5) is 9.90. The molecule has 0 atom stereocenters. The molecular weight excluding hydrogens is 470 g/mol. The van der Waals surface area contributed by atoms with Crippen molar-refractivity contribution in [3.05, 3.63) is 101 Å². The largest absolute Gasteiger partial charge is 0.282 e. The molecule has 4 aromatic carbocycles. The highest BCUT2D eigenvalue weighted by atomic mass is 32.1. The average molecular weight is 507 g/mol. The summed E-state index contributed by atoms with van der Waals surface area (Å²) >= 11 is 1.13. The molecule has 2 aromatic heterocycles. The van der Waals surface area contributed by atoms with Gasteiger partial charge in [-0.05, 0) is 69.9 Å². The fourth-order valence-electron chi connectivity index (χ4n) is 5.00. The molecule has 6 rings (SSSR count). The first-order chi connectivity index (χ1) is 19.7. The molecule has 6 aromatic rings. The minimum Gasteiger partial charge on any atom is -0.282 e. The third-order valence-corrected chi connectivity index (χ3v) is 7.63. The van der Waals surface area contributed by atoms with Crippen LogP contribution in [0.2, 0.25) is 0 Å². The number of rotatable bonds is 5. The summed E-state index contributed by atoms with van der Waals surface area (Å²) in [6, 6.07) is 28.2. The van der Waals surface area contributed by atoms with Crippen LogP contribution < -0.4 is 0 Å². The van der Waals surface area contributed by atoms with Gasteiger partial charge in [-0.1, -0.05) is 106 Å². The Morgan fingerprint density at radius 2 is 1.43 bits per heavy atom. The van der Waals surface area contributed by atoms with E-state index < -0.39 is 18.6 Å². The number of aromatic nitrogens is 3. The third-order valence-electron chi connectivity index (χ3n) is 6.78. The summed E-state index contributed by atoms with van der Waals surface area (Å²) in [5.41, 5.74) is 5.66. The highest BCUT2D eigenvalue weighted by molar-refractivity contribution is 7.18. The van der Waals surface area contributed by atoms with Crippen molar-refractivity contribution in [1.29, 1.82) is 0 Å². The zero-order valence-corrected chi connectivity index (χ0v) is 22.1. The number of fused-ring (bicyclic) bond motifs is 2. The minimum atomic E-state index is -2.32. The fraction of sp³-hybridized carbons (Fsp3) is 0.212. The van der Waals surface area contributed by atoms with Crippen molar-refractivity contribution in [2.45, 2.75) is 46.3 Å². The zero-order valence-electron chi connectivity index (χ0n) is 26.3. The molecule has 0 aliphatic carbocycles. The molecule has 37 heavy (non-hydrogen) atoms. The molecule has 0 radical (unpaired) electrons. The first-order valence-electron chi connectivity index (χ1n) is 14.9. The van der Waals surface area contributed by atoms with Crippen LogP contribution in [-0.2, 0) is 0 Å². The Hall–Kier alpha value is -3.76. The lowest BCUT2D eigenvalue weighted by Crippen LogP contribution is -2.01. The number of thiazole rings is 1. The van der Waals surface area contributed by atoms with Crippen LogP contribution >= 0.6 is 11.3 Å². The van der Waals surface area contributed by atoms with Crippen molar-refractivity contribution in [2.75, 3.05) is 0 Å². The van der Waals surface area contributed by atoms with Gasteiger partial charge in [0.15, 0.2) is 5.65 Å². The van der Waals surface area contributed by atoms with Crippen molar-refractivity contribution in [2.24, 2.45) is 0 Å². The van der Waals surface area contributed by atoms with E-state index in [1.54, 1.807) is 0 Å². The molecule has 0 saturated carbocycles. The Morgan fingerprint density at radius 1 is 0.757 bits per heavy atom. The summed E-state index contributed by atoms with van der Waals surface area (Å²) in [7, 11) is 0. The lowest BCUT2D eigenvalue weighted by molar-refractivity contribution is 0.838. The second-order valence-corrected chi connectivity index (χ2v) is 10.7. The van der Waals surface area contributed by atoms with E-state index in [0.717, 1.165) is 55.6 Å². The molecule has 0 fully saturated rings. The Morgan fingerprint density at radius 3 is 2.11 bits per heavy atom. The summed E-state index contributed by atoms with van der Waals surface area (Å²) in [6.07, 6.45) is 0. The van der Waals surface area contributed by atoms with Crippen LogP contribution in [0, 0.1) is 6.85 Å². The van der Waals surface area contributed by atoms with Gasteiger partial charge in [-0.2, -0.15) is 0 Å². The summed E-state index contributed by atoms with van der Waals surface area (Å²) < 4.78 is 43.3. The molecule has 0 saturated heterocycles. The van der Waals surface area contributed by atoms with Gasteiger partial charge in [-0.25, -0.2) is 9.97 Å². The maximum atomic E-state index is 8.82. The van der Waals surface area contributed by atoms with E-state index in [-0.39, 0.29) is 5.01 Å². The lowest BCUT2D eigenvalue weighted by Gasteiger charge is -2.20. The van der Waals surface area contributed by atoms with Crippen LogP contribution in [0.3, 0.4) is 0 Å². The van der Waals surface area contributed by atoms with Crippen molar-refractivity contribution in [3.63, 3.8) is 0 Å². The second kappa shape index (κ2) is 9.28. The van der Waals surface area contributed by atoms with Crippen molar-refractivity contribution in [3.8, 4) is 28.2 Å². The summed E-state index contributed by atoms with van der Waals surface area (Å²) in [5.74, 6) is -1.04. The van der Waals surface area contributed by atoms with Crippen LogP contribution in [0.1, 0.15) is 62.5 Å². The third kappa shape index (κ3) is 4.15. The van der Waals surface area contributed by atoms with Gasteiger partial charge < -0.3 is 0 Å². The molecule has 0 bridgehead atoms. The number of imidazole rings is 1. The Balaban J connectivity index is 1.55. The Kier molecular flexibility index (Phi) is 4.63. The van der Waals surface area contributed by atoms with Gasteiger partial charge in [0, 0.05) is 18.1 Å². The van der Waals surface area contributed by atoms with Crippen molar-refractivity contribution < 1.29 is 6.85 Å². The monoisotopic (exact) mass is 506 g/mol. The predicted octanol–water partition coefficient (Wildman–Crippen LogP) is 9.52. The lowest BCUT2D eigenvalue weighted by atomic mass is 9.85. The van der Waals surface area contributed by atoms with Gasteiger partial charge in [0.2, 0.25) is 0 Å². The molecule has 0 aliphatic heterocycles. The van der Waals surface area contributed by atoms with Gasteiger partial charge in [0.05, 0.1) is 5.01 Å². The molecule has 184 valence electrons. The molecule has 3 nitrogen and oxygen atoms in total. The molecule has 0 unspecified atom stereocenters. The van der Waals surface area contributed by atoms with Gasteiger partial charge in [-0.15, -0.1) is 0 Å². The molecule has 0 N–H and O–H groups in total. The molecule has 0 aliphatic rings. The summed E-state index contributed by atoms with van der Waals surface area (Å²) in [6.45, 7) is 5.14. The number of hydrogen-bond donors (Lipinski definition) is 0. The number of aryl methyl sites for hydroxylation is 1. The highest BCUT2D eigenvalue weighted by Crippen LogP contribution is 2.38. The van der Waals surface area contributed by atoms with E-state index in [1.165, 1.54) is 0 Å². The van der Waals surface area contributed by atoms with E-state index in [1.807, 2.05) is 92.9 Å². The van der Waals surface area contributed by atoms with E-state index in [2.05, 4.69) is 29.2 Å². The minimum absolute atomic E-state index is 0.0596. The molecule has 0 spiro atoms. The van der Waals surface area contributed by atoms with Crippen molar-refractivity contribution >= 4 is 32.6 Å². The fourth-order valence-corrected chi connectivity index (χ4v) is 5.79. The number of hydrogen-bond acceptors (Lipinski definition) is 3. The SMILES string of the molecule is [2H]C([2H])([2H])c1nc2nc(-c3ccc4ccccc4c3)n(-c3ccc(-c4c(C([2H])(C)C)cccc4C([2H])(C)C)cc3)c2s1. The first-order valence-corrected chi connectivity index (χ1v) is 13.2. The van der Waals surface area contributed by atoms with E-state index >= 15 is 0 Å². The van der Waals surface area contributed by atoms with Gasteiger partial charge in [-0.3, -0.25) is 4.57 Å². The summed E-state index contributed by atoms with van der Waals surface area (Å²) in [5, 5.41) is 2.27. The normalized spacial score (nSPS) is 14.8. The Bertz CT molecular complexity index is 1910. The topological polar surface area (TPSA) is 30.7 Å². The predicted molar refractivity (Wildman–Crippen MR) is 158 cm³/mol. The smallest absolute Gasteiger partial charge is 0.190 e.